The van der Waals surface area contributed by atoms with E-state index in [4.69, 9.17) is 4.74 Å². The fraction of sp³-hybridized carbons (Fsp3) is 0.837. The van der Waals surface area contributed by atoms with Crippen molar-refractivity contribution in [3.63, 3.8) is 0 Å². The van der Waals surface area contributed by atoms with Crippen LogP contribution in [-0.4, -0.2) is 30.1 Å². The van der Waals surface area contributed by atoms with Crippen LogP contribution in [0.15, 0.2) is 23.3 Å². The summed E-state index contributed by atoms with van der Waals surface area (Å²) in [6, 6.07) is 0. The summed E-state index contributed by atoms with van der Waals surface area (Å²) in [6.45, 7) is 10.3. The molecule has 0 aromatic rings. The van der Waals surface area contributed by atoms with Crippen LogP contribution in [0.25, 0.3) is 0 Å². The maximum Gasteiger partial charge on any atom is 0.155 e. The van der Waals surface area contributed by atoms with E-state index in [1.54, 1.807) is 0 Å². The van der Waals surface area contributed by atoms with Crippen LogP contribution in [0.1, 0.15) is 130 Å². The molecule has 11 rings (SSSR count). The molecule has 11 aliphatic carbocycles. The van der Waals surface area contributed by atoms with Gasteiger partial charge in [0.05, 0.1) is 5.60 Å². The van der Waals surface area contributed by atoms with Gasteiger partial charge in [-0.25, -0.2) is 0 Å². The van der Waals surface area contributed by atoms with Crippen molar-refractivity contribution < 1.29 is 19.1 Å². The highest BCUT2D eigenvalue weighted by atomic mass is 16.5. The fourth-order valence-corrected chi connectivity index (χ4v) is 18.0. The van der Waals surface area contributed by atoms with Crippen molar-refractivity contribution in [1.82, 2.24) is 0 Å². The monoisotopic (exact) mass is 638 g/mol. The highest BCUT2D eigenvalue weighted by molar-refractivity contribution is 5.92. The molecule has 4 heteroatoms. The van der Waals surface area contributed by atoms with E-state index >= 15 is 4.79 Å². The molecule has 254 valence electrons. The molecule has 1 spiro atoms. The smallest absolute Gasteiger partial charge is 0.155 e. The van der Waals surface area contributed by atoms with Crippen molar-refractivity contribution in [1.29, 1.82) is 0 Å². The van der Waals surface area contributed by atoms with Gasteiger partial charge in [0.1, 0.15) is 5.78 Å². The van der Waals surface area contributed by atoms with Gasteiger partial charge in [-0.1, -0.05) is 38.8 Å². The lowest BCUT2D eigenvalue weighted by Gasteiger charge is -2.68. The number of Topliss-reactive ketones (excluding diaryl/α,β-unsaturated/α-hetero) is 1. The highest BCUT2D eigenvalue weighted by Crippen LogP contribution is 2.84. The largest absolute Gasteiger partial charge is 0.377 e. The molecule has 0 amide bonds. The molecule has 0 N–H and O–H groups in total. The number of ether oxygens (including phenoxy) is 1. The maximum atomic E-state index is 15.2. The summed E-state index contributed by atoms with van der Waals surface area (Å²) in [5.74, 6) is 6.64. The Hall–Kier alpha value is -1.55. The van der Waals surface area contributed by atoms with Gasteiger partial charge in [0, 0.05) is 31.8 Å². The Morgan fingerprint density at radius 2 is 1.26 bits per heavy atom. The molecule has 0 unspecified atom stereocenters. The van der Waals surface area contributed by atoms with Crippen molar-refractivity contribution in [2.24, 2.45) is 80.3 Å². The van der Waals surface area contributed by atoms with Crippen LogP contribution < -0.4 is 0 Å². The Labute approximate surface area is 282 Å². The van der Waals surface area contributed by atoms with E-state index in [1.165, 1.54) is 62.5 Å². The van der Waals surface area contributed by atoms with E-state index in [1.807, 2.05) is 13.2 Å². The molecule has 0 aromatic heterocycles. The average molecular weight is 639 g/mol. The zero-order chi connectivity index (χ0) is 32.5. The summed E-state index contributed by atoms with van der Waals surface area (Å²) in [4.78, 5) is 40.2. The van der Waals surface area contributed by atoms with E-state index in [9.17, 15) is 9.59 Å². The normalized spacial score (nSPS) is 58.6. The number of hydrogen-bond acceptors (Lipinski definition) is 4. The average Bonchev–Trinajstić information content (AvgIpc) is 3.52. The predicted octanol–water partition coefficient (Wildman–Crippen LogP) is 8.87. The minimum absolute atomic E-state index is 0.0721. The van der Waals surface area contributed by atoms with Gasteiger partial charge in [0.2, 0.25) is 0 Å². The van der Waals surface area contributed by atoms with Gasteiger partial charge < -0.3 is 4.74 Å². The van der Waals surface area contributed by atoms with Gasteiger partial charge in [-0.3, -0.25) is 14.4 Å². The van der Waals surface area contributed by atoms with Gasteiger partial charge in [0.15, 0.2) is 11.6 Å². The molecular weight excluding hydrogens is 580 g/mol. The number of rotatable bonds is 1. The minimum atomic E-state index is -0.299. The number of carbonyl (C=O) groups is 3. The van der Waals surface area contributed by atoms with Gasteiger partial charge in [-0.15, -0.1) is 0 Å². The third-order valence-electron chi connectivity index (χ3n) is 19.6. The van der Waals surface area contributed by atoms with Crippen LogP contribution in [0.2, 0.25) is 0 Å². The molecule has 11 aliphatic rings. The minimum Gasteiger partial charge on any atom is -0.377 e. The number of hydrogen-bond donors (Lipinski definition) is 0. The lowest BCUT2D eigenvalue weighted by atomic mass is 9.36. The van der Waals surface area contributed by atoms with Gasteiger partial charge >= 0.3 is 0 Å². The SMILES string of the molecule is CO[C@]12CC(=O)[C@@]3([C@H](C[C@H]4[C@@H]5CCC6=CC(=O)CC[C@]6(C)[C@H]5CC[C@@]43C)C1)[C@@H]1C[C@@H]3[C@@H]4CCC5=CC(=O)CC[C@]5(C)[C@H]4CC[C@@]3(C)[C@H]12. The Balaban J connectivity index is 1.06. The predicted molar refractivity (Wildman–Crippen MR) is 181 cm³/mol. The zero-order valence-electron chi connectivity index (χ0n) is 29.8. The standard InChI is InChI=1S/C43H58O4/c1-38-14-10-27(44)18-24(38)6-8-29-31(38)12-16-40(3)33(29)21-35-37(40)42(47-5)22-26-20-34-30-9-7-25-19-28(45)11-15-39(25,2)32(30)13-17-41(34,4)43(26,35)36(46)23-42/h18-19,26,29-35,37H,6-17,20-23H2,1-5H3/t26-,29-,30-,31+,32+,33-,34+,35-,37+,38+,39+,40-,41+,42+,43-/m1/s1. The number of fused-ring (bicyclic) bond motifs is 11. The van der Waals surface area contributed by atoms with Crippen molar-refractivity contribution in [2.45, 2.75) is 136 Å². The fourth-order valence-electron chi connectivity index (χ4n) is 18.0. The molecule has 4 nitrogen and oxygen atoms in total. The second-order valence-corrected chi connectivity index (χ2v) is 20.1. The van der Waals surface area contributed by atoms with Gasteiger partial charge in [-0.2, -0.15) is 0 Å². The third-order valence-corrected chi connectivity index (χ3v) is 19.6. The van der Waals surface area contributed by atoms with Gasteiger partial charge in [0.25, 0.3) is 0 Å². The highest BCUT2D eigenvalue weighted by Gasteiger charge is 2.83. The van der Waals surface area contributed by atoms with Crippen molar-refractivity contribution >= 4 is 17.3 Å². The summed E-state index contributed by atoms with van der Waals surface area (Å²) < 4.78 is 6.81. The lowest BCUT2D eigenvalue weighted by molar-refractivity contribution is -0.242. The Bertz CT molecular complexity index is 1550. The topological polar surface area (TPSA) is 60.4 Å². The molecule has 0 saturated heterocycles. The number of carbonyl (C=O) groups excluding carboxylic acids is 3. The summed E-state index contributed by atoms with van der Waals surface area (Å²) >= 11 is 0. The lowest BCUT2D eigenvalue weighted by Crippen LogP contribution is -2.71. The number of methoxy groups -OCH3 is 1. The van der Waals surface area contributed by atoms with Gasteiger partial charge in [-0.05, 0) is 171 Å². The van der Waals surface area contributed by atoms with Crippen molar-refractivity contribution in [3.8, 4) is 0 Å². The zero-order valence-corrected chi connectivity index (χ0v) is 29.8. The van der Waals surface area contributed by atoms with E-state index in [0.717, 1.165) is 38.5 Å². The molecule has 2 bridgehead atoms. The Kier molecular flexibility index (Phi) is 5.94. The third kappa shape index (κ3) is 3.27. The molecule has 0 heterocycles. The second kappa shape index (κ2) is 9.21. The van der Waals surface area contributed by atoms with Crippen LogP contribution in [0, 0.1) is 80.3 Å². The molecule has 0 aromatic carbocycles. The second-order valence-electron chi connectivity index (χ2n) is 20.1. The molecule has 0 aliphatic heterocycles. The van der Waals surface area contributed by atoms with Crippen molar-refractivity contribution in [2.75, 3.05) is 7.11 Å². The molecule has 0 radical (unpaired) electrons. The summed E-state index contributed by atoms with van der Waals surface area (Å²) in [7, 11) is 1.96. The van der Waals surface area contributed by atoms with E-state index < -0.39 is 0 Å². The molecule has 15 atom stereocenters. The number of allylic oxidation sites excluding steroid dienone is 2. The van der Waals surface area contributed by atoms with Crippen LogP contribution in [-0.2, 0) is 19.1 Å². The first-order valence-corrected chi connectivity index (χ1v) is 19.9. The van der Waals surface area contributed by atoms with Crippen LogP contribution in [0.5, 0.6) is 0 Å². The first-order valence-electron chi connectivity index (χ1n) is 19.9. The maximum absolute atomic E-state index is 15.2. The first-order chi connectivity index (χ1) is 22.4. The Morgan fingerprint density at radius 3 is 1.87 bits per heavy atom. The van der Waals surface area contributed by atoms with E-state index in [2.05, 4.69) is 33.8 Å². The quantitative estimate of drug-likeness (QED) is 0.288. The van der Waals surface area contributed by atoms with Crippen LogP contribution in [0.4, 0.5) is 0 Å². The summed E-state index contributed by atoms with van der Waals surface area (Å²) in [5, 5.41) is 0. The summed E-state index contributed by atoms with van der Waals surface area (Å²) in [6.07, 6.45) is 21.3. The molecule has 47 heavy (non-hydrogen) atoms. The van der Waals surface area contributed by atoms with Crippen LogP contribution in [0.3, 0.4) is 0 Å². The summed E-state index contributed by atoms with van der Waals surface area (Å²) in [5.41, 5.74) is 3.06. The molecular formula is C43H58O4. The molecule has 9 fully saturated rings. The van der Waals surface area contributed by atoms with Crippen molar-refractivity contribution in [3.05, 3.63) is 23.3 Å². The van der Waals surface area contributed by atoms with E-state index in [-0.39, 0.29) is 32.7 Å². The first kappa shape index (κ1) is 30.3. The van der Waals surface area contributed by atoms with E-state index in [0.29, 0.717) is 83.5 Å². The van der Waals surface area contributed by atoms with Crippen LogP contribution >= 0.6 is 0 Å². The number of ketones is 3. The molecule has 9 saturated carbocycles. The Morgan fingerprint density at radius 1 is 0.660 bits per heavy atom.